The van der Waals surface area contributed by atoms with Gasteiger partial charge in [0.25, 0.3) is 0 Å². The van der Waals surface area contributed by atoms with Crippen LogP contribution in [0, 0.1) is 5.92 Å². The number of piperazine rings is 1. The highest BCUT2D eigenvalue weighted by atomic mass is 35.5. The van der Waals surface area contributed by atoms with E-state index in [1.807, 2.05) is 11.8 Å². The van der Waals surface area contributed by atoms with Gasteiger partial charge in [-0.15, -0.1) is 36.2 Å². The highest BCUT2D eigenvalue weighted by molar-refractivity contribution is 7.09. The Hall–Kier alpha value is -0.400. The van der Waals surface area contributed by atoms with E-state index in [2.05, 4.69) is 22.2 Å². The molecule has 1 aromatic heterocycles. The molecule has 128 valence electrons. The van der Waals surface area contributed by atoms with E-state index in [-0.39, 0.29) is 36.6 Å². The van der Waals surface area contributed by atoms with Crippen molar-refractivity contribution in [2.75, 3.05) is 32.7 Å². The molecule has 0 aromatic carbocycles. The number of carbonyl (C=O) groups is 1. The summed E-state index contributed by atoms with van der Waals surface area (Å²) in [5.41, 5.74) is 6.71. The first-order valence-corrected chi connectivity index (χ1v) is 8.16. The van der Waals surface area contributed by atoms with Gasteiger partial charge in [0, 0.05) is 50.6 Å². The maximum Gasteiger partial charge on any atom is 0.226 e. The molecule has 0 aliphatic carbocycles. The largest absolute Gasteiger partial charge is 0.340 e. The second kappa shape index (κ2) is 10.4. The van der Waals surface area contributed by atoms with Crippen LogP contribution in [-0.4, -0.2) is 53.4 Å². The second-order valence-corrected chi connectivity index (χ2v) is 6.27. The van der Waals surface area contributed by atoms with Gasteiger partial charge in [-0.2, -0.15) is 0 Å². The number of nitrogens with zero attached hydrogens (tertiary/aromatic N) is 3. The molecule has 2 rings (SSSR count). The fraction of sp³-hybridized carbons (Fsp3) is 0.714. The van der Waals surface area contributed by atoms with Crippen LogP contribution in [-0.2, 0) is 17.8 Å². The highest BCUT2D eigenvalue weighted by Crippen LogP contribution is 2.14. The van der Waals surface area contributed by atoms with Crippen LogP contribution in [0.2, 0.25) is 0 Å². The number of amides is 1. The predicted octanol–water partition coefficient (Wildman–Crippen LogP) is 1.79. The van der Waals surface area contributed by atoms with Crippen LogP contribution in [0.3, 0.4) is 0 Å². The van der Waals surface area contributed by atoms with Gasteiger partial charge in [-0.3, -0.25) is 9.69 Å². The van der Waals surface area contributed by atoms with Crippen molar-refractivity contribution in [1.29, 1.82) is 0 Å². The standard InChI is InChI=1S/C14H24N4OS.2ClH/c1-3-13-16-12(10-20-13)9-17-4-6-18(7-5-17)14(19)11(2)8-15;;/h10-11H,3-9,15H2,1-2H3;2*1H. The molecule has 0 radical (unpaired) electrons. The summed E-state index contributed by atoms with van der Waals surface area (Å²) >= 11 is 1.73. The molecule has 1 fully saturated rings. The number of thiazole rings is 1. The third-order valence-corrected chi connectivity index (χ3v) is 4.79. The number of aromatic nitrogens is 1. The number of rotatable bonds is 5. The molecule has 8 heteroatoms. The number of nitrogens with two attached hydrogens (primary N) is 1. The van der Waals surface area contributed by atoms with Crippen LogP contribution < -0.4 is 5.73 Å². The molecule has 1 aliphatic rings. The van der Waals surface area contributed by atoms with Gasteiger partial charge in [-0.1, -0.05) is 13.8 Å². The third-order valence-electron chi connectivity index (χ3n) is 3.75. The van der Waals surface area contributed by atoms with Crippen molar-refractivity contribution in [2.24, 2.45) is 11.7 Å². The Balaban J connectivity index is 0.00000220. The van der Waals surface area contributed by atoms with E-state index in [1.165, 1.54) is 5.01 Å². The summed E-state index contributed by atoms with van der Waals surface area (Å²) in [5.74, 6) is 0.126. The van der Waals surface area contributed by atoms with Gasteiger partial charge in [0.05, 0.1) is 10.7 Å². The highest BCUT2D eigenvalue weighted by Gasteiger charge is 2.24. The maximum absolute atomic E-state index is 12.1. The Morgan fingerprint density at radius 1 is 1.36 bits per heavy atom. The van der Waals surface area contributed by atoms with Gasteiger partial charge < -0.3 is 10.6 Å². The van der Waals surface area contributed by atoms with Crippen molar-refractivity contribution in [1.82, 2.24) is 14.8 Å². The molecule has 0 spiro atoms. The zero-order valence-electron chi connectivity index (χ0n) is 13.2. The summed E-state index contributed by atoms with van der Waals surface area (Å²) in [6.45, 7) is 8.79. The summed E-state index contributed by atoms with van der Waals surface area (Å²) < 4.78 is 0. The predicted molar refractivity (Wildman–Crippen MR) is 96.1 cm³/mol. The smallest absolute Gasteiger partial charge is 0.226 e. The molecular weight excluding hydrogens is 343 g/mol. The first kappa shape index (κ1) is 21.6. The summed E-state index contributed by atoms with van der Waals surface area (Å²) in [4.78, 5) is 21.0. The van der Waals surface area contributed by atoms with E-state index in [1.54, 1.807) is 11.3 Å². The number of carbonyl (C=O) groups excluding carboxylic acids is 1. The molecule has 1 atom stereocenters. The van der Waals surface area contributed by atoms with Crippen molar-refractivity contribution in [3.8, 4) is 0 Å². The monoisotopic (exact) mass is 368 g/mol. The lowest BCUT2D eigenvalue weighted by atomic mass is 10.1. The Bertz CT molecular complexity index is 450. The van der Waals surface area contributed by atoms with E-state index in [0.717, 1.165) is 44.8 Å². The molecule has 2 heterocycles. The van der Waals surface area contributed by atoms with Gasteiger partial charge >= 0.3 is 0 Å². The SMILES string of the molecule is CCc1nc(CN2CCN(C(=O)C(C)CN)CC2)cs1.Cl.Cl. The van der Waals surface area contributed by atoms with Gasteiger partial charge in [0.2, 0.25) is 5.91 Å². The van der Waals surface area contributed by atoms with E-state index in [0.29, 0.717) is 6.54 Å². The lowest BCUT2D eigenvalue weighted by molar-refractivity contribution is -0.136. The van der Waals surface area contributed by atoms with Crippen LogP contribution in [0.4, 0.5) is 0 Å². The molecule has 1 unspecified atom stereocenters. The molecular formula is C14H26Cl2N4OS. The molecule has 22 heavy (non-hydrogen) atoms. The number of hydrogen-bond acceptors (Lipinski definition) is 5. The van der Waals surface area contributed by atoms with Crippen molar-refractivity contribution in [3.05, 3.63) is 16.1 Å². The van der Waals surface area contributed by atoms with Crippen molar-refractivity contribution in [2.45, 2.75) is 26.8 Å². The maximum atomic E-state index is 12.1. The zero-order valence-corrected chi connectivity index (χ0v) is 15.6. The lowest BCUT2D eigenvalue weighted by Gasteiger charge is -2.35. The fourth-order valence-electron chi connectivity index (χ4n) is 2.35. The summed E-state index contributed by atoms with van der Waals surface area (Å²) in [6, 6.07) is 0. The Morgan fingerprint density at radius 2 is 2.00 bits per heavy atom. The minimum absolute atomic E-state index is 0. The minimum Gasteiger partial charge on any atom is -0.340 e. The van der Waals surface area contributed by atoms with E-state index >= 15 is 0 Å². The van der Waals surface area contributed by atoms with Crippen LogP contribution in [0.15, 0.2) is 5.38 Å². The molecule has 1 amide bonds. The lowest BCUT2D eigenvalue weighted by Crippen LogP contribution is -2.50. The molecule has 1 saturated heterocycles. The first-order valence-electron chi connectivity index (χ1n) is 7.28. The van der Waals surface area contributed by atoms with Crippen molar-refractivity contribution >= 4 is 42.1 Å². The van der Waals surface area contributed by atoms with Crippen LogP contribution in [0.25, 0.3) is 0 Å². The third kappa shape index (κ3) is 5.66. The second-order valence-electron chi connectivity index (χ2n) is 5.32. The van der Waals surface area contributed by atoms with Crippen LogP contribution in [0.1, 0.15) is 24.5 Å². The molecule has 5 nitrogen and oxygen atoms in total. The first-order chi connectivity index (χ1) is 9.63. The van der Waals surface area contributed by atoms with Crippen LogP contribution >= 0.6 is 36.2 Å². The summed E-state index contributed by atoms with van der Waals surface area (Å²) in [5, 5.41) is 3.35. The van der Waals surface area contributed by atoms with Gasteiger partial charge in [-0.25, -0.2) is 4.98 Å². The van der Waals surface area contributed by atoms with Gasteiger partial charge in [0.1, 0.15) is 0 Å². The topological polar surface area (TPSA) is 62.5 Å². The number of hydrogen-bond donors (Lipinski definition) is 1. The molecule has 0 bridgehead atoms. The quantitative estimate of drug-likeness (QED) is 0.860. The van der Waals surface area contributed by atoms with E-state index in [4.69, 9.17) is 5.73 Å². The molecule has 1 aliphatic heterocycles. The van der Waals surface area contributed by atoms with Crippen LogP contribution in [0.5, 0.6) is 0 Å². The average molecular weight is 369 g/mol. The fourth-order valence-corrected chi connectivity index (χ4v) is 3.09. The Morgan fingerprint density at radius 3 is 2.50 bits per heavy atom. The van der Waals surface area contributed by atoms with E-state index in [9.17, 15) is 4.79 Å². The van der Waals surface area contributed by atoms with Crippen molar-refractivity contribution in [3.63, 3.8) is 0 Å². The van der Waals surface area contributed by atoms with Gasteiger partial charge in [-0.05, 0) is 6.42 Å². The molecule has 2 N–H and O–H groups in total. The molecule has 1 aromatic rings. The Labute approximate surface area is 149 Å². The molecule has 0 saturated carbocycles. The summed E-state index contributed by atoms with van der Waals surface area (Å²) in [7, 11) is 0. The Kier molecular flexibility index (Phi) is 10.2. The van der Waals surface area contributed by atoms with Gasteiger partial charge in [0.15, 0.2) is 0 Å². The number of halogens is 2. The van der Waals surface area contributed by atoms with Crippen molar-refractivity contribution < 1.29 is 4.79 Å². The summed E-state index contributed by atoms with van der Waals surface area (Å²) in [6.07, 6.45) is 1.00. The number of aryl methyl sites for hydroxylation is 1. The minimum atomic E-state index is -0.0628. The average Bonchev–Trinajstić information content (AvgIpc) is 2.94. The normalized spacial score (nSPS) is 16.6. The van der Waals surface area contributed by atoms with E-state index < -0.39 is 0 Å². The zero-order chi connectivity index (χ0) is 14.5.